The summed E-state index contributed by atoms with van der Waals surface area (Å²) in [6, 6.07) is 6.17. The Labute approximate surface area is 105 Å². The first-order chi connectivity index (χ1) is 8.05. The average Bonchev–Trinajstić information content (AvgIpc) is 2.82. The van der Waals surface area contributed by atoms with Crippen LogP contribution in [0.3, 0.4) is 0 Å². The number of halogens is 1. The molecule has 0 atom stereocenters. The normalized spacial score (nSPS) is 16.9. The van der Waals surface area contributed by atoms with E-state index >= 15 is 0 Å². The highest BCUT2D eigenvalue weighted by atomic mass is 35.5. The van der Waals surface area contributed by atoms with Gasteiger partial charge in [0.15, 0.2) is 0 Å². The fraction of sp³-hybridized carbons (Fsp3) is 0.364. The Hall–Kier alpha value is -1.09. The van der Waals surface area contributed by atoms with Gasteiger partial charge in [-0.1, -0.05) is 11.6 Å². The Kier molecular flexibility index (Phi) is 3.38. The SMILES string of the molecule is N#Cc1ccc(S(=O)(=O)N2CCCC2)c(Cl)c1. The highest BCUT2D eigenvalue weighted by Crippen LogP contribution is 2.27. The zero-order valence-electron chi connectivity index (χ0n) is 9.06. The maximum atomic E-state index is 12.2. The summed E-state index contributed by atoms with van der Waals surface area (Å²) in [5, 5.41) is 8.81. The quantitative estimate of drug-likeness (QED) is 0.826. The summed E-state index contributed by atoms with van der Waals surface area (Å²) in [5.41, 5.74) is 0.357. The van der Waals surface area contributed by atoms with Gasteiger partial charge in [-0.05, 0) is 31.0 Å². The van der Waals surface area contributed by atoms with Crippen molar-refractivity contribution in [2.75, 3.05) is 13.1 Å². The summed E-state index contributed by atoms with van der Waals surface area (Å²) in [6.45, 7) is 1.08. The topological polar surface area (TPSA) is 61.2 Å². The monoisotopic (exact) mass is 270 g/mol. The highest BCUT2D eigenvalue weighted by molar-refractivity contribution is 7.89. The van der Waals surface area contributed by atoms with E-state index < -0.39 is 10.0 Å². The molecule has 0 radical (unpaired) electrons. The zero-order chi connectivity index (χ0) is 12.5. The molecule has 0 aromatic heterocycles. The fourth-order valence-corrected chi connectivity index (χ4v) is 3.88. The largest absolute Gasteiger partial charge is 0.244 e. The van der Waals surface area contributed by atoms with E-state index in [9.17, 15) is 8.42 Å². The minimum atomic E-state index is -3.50. The molecular formula is C11H11ClN2O2S. The van der Waals surface area contributed by atoms with Crippen LogP contribution < -0.4 is 0 Å². The van der Waals surface area contributed by atoms with Crippen molar-refractivity contribution in [2.45, 2.75) is 17.7 Å². The first-order valence-corrected chi connectivity index (χ1v) is 7.07. The van der Waals surface area contributed by atoms with Gasteiger partial charge < -0.3 is 0 Å². The molecule has 1 fully saturated rings. The Morgan fingerprint density at radius 2 is 1.94 bits per heavy atom. The van der Waals surface area contributed by atoms with Crippen LogP contribution in [0, 0.1) is 11.3 Å². The Balaban J connectivity index is 2.43. The van der Waals surface area contributed by atoms with Crippen molar-refractivity contribution in [2.24, 2.45) is 0 Å². The third-order valence-electron chi connectivity index (χ3n) is 2.74. The summed E-state index contributed by atoms with van der Waals surface area (Å²) < 4.78 is 25.9. The first-order valence-electron chi connectivity index (χ1n) is 5.25. The van der Waals surface area contributed by atoms with E-state index in [1.807, 2.05) is 6.07 Å². The Bertz CT molecular complexity index is 572. The summed E-state index contributed by atoms with van der Waals surface area (Å²) in [4.78, 5) is 0.0834. The first kappa shape index (κ1) is 12.4. The van der Waals surface area contributed by atoms with Crippen LogP contribution in [0.15, 0.2) is 23.1 Å². The van der Waals surface area contributed by atoms with Gasteiger partial charge in [0.1, 0.15) is 4.90 Å². The number of hydrogen-bond donors (Lipinski definition) is 0. The van der Waals surface area contributed by atoms with E-state index in [1.54, 1.807) is 0 Å². The third-order valence-corrected chi connectivity index (χ3v) is 5.13. The third kappa shape index (κ3) is 2.29. The van der Waals surface area contributed by atoms with Crippen LogP contribution in [0.1, 0.15) is 18.4 Å². The van der Waals surface area contributed by atoms with Gasteiger partial charge in [-0.3, -0.25) is 0 Å². The number of nitriles is 1. The van der Waals surface area contributed by atoms with E-state index in [2.05, 4.69) is 0 Å². The molecule has 1 aliphatic rings. The molecule has 1 saturated heterocycles. The Morgan fingerprint density at radius 3 is 2.47 bits per heavy atom. The molecular weight excluding hydrogens is 260 g/mol. The molecule has 0 aliphatic carbocycles. The lowest BCUT2D eigenvalue weighted by atomic mass is 10.2. The molecule has 0 unspecified atom stereocenters. The van der Waals surface area contributed by atoms with Crippen molar-refractivity contribution in [1.82, 2.24) is 4.31 Å². The lowest BCUT2D eigenvalue weighted by Gasteiger charge is -2.16. The molecule has 0 spiro atoms. The molecule has 6 heteroatoms. The molecule has 0 bridgehead atoms. The second-order valence-electron chi connectivity index (χ2n) is 3.87. The second kappa shape index (κ2) is 4.65. The standard InChI is InChI=1S/C11H11ClN2O2S/c12-10-7-9(8-13)3-4-11(10)17(15,16)14-5-1-2-6-14/h3-4,7H,1-2,5-6H2. The van der Waals surface area contributed by atoms with Crippen LogP contribution in [-0.4, -0.2) is 25.8 Å². The molecule has 0 amide bonds. The number of sulfonamides is 1. The lowest BCUT2D eigenvalue weighted by Crippen LogP contribution is -2.28. The fourth-order valence-electron chi connectivity index (χ4n) is 1.85. The maximum absolute atomic E-state index is 12.2. The summed E-state index contributed by atoms with van der Waals surface area (Å²) in [7, 11) is -3.50. The predicted molar refractivity (Wildman–Crippen MR) is 64.2 cm³/mol. The van der Waals surface area contributed by atoms with E-state index in [4.69, 9.17) is 16.9 Å². The van der Waals surface area contributed by atoms with Gasteiger partial charge in [-0.15, -0.1) is 0 Å². The molecule has 0 N–H and O–H groups in total. The van der Waals surface area contributed by atoms with Gasteiger partial charge in [-0.2, -0.15) is 9.57 Å². The molecule has 0 saturated carbocycles. The van der Waals surface area contributed by atoms with Crippen molar-refractivity contribution < 1.29 is 8.42 Å². The zero-order valence-corrected chi connectivity index (χ0v) is 10.6. The van der Waals surface area contributed by atoms with Crippen molar-refractivity contribution in [3.63, 3.8) is 0 Å². The number of rotatable bonds is 2. The average molecular weight is 271 g/mol. The minimum absolute atomic E-state index is 0.0834. The van der Waals surface area contributed by atoms with Gasteiger partial charge in [0, 0.05) is 13.1 Å². The van der Waals surface area contributed by atoms with E-state index in [0.717, 1.165) is 12.8 Å². The van der Waals surface area contributed by atoms with Crippen LogP contribution in [-0.2, 0) is 10.0 Å². The molecule has 17 heavy (non-hydrogen) atoms. The predicted octanol–water partition coefficient (Wildman–Crippen LogP) is 2.00. The molecule has 1 aromatic rings. The van der Waals surface area contributed by atoms with Crippen molar-refractivity contribution in [3.05, 3.63) is 28.8 Å². The molecule has 2 rings (SSSR count). The van der Waals surface area contributed by atoms with Gasteiger partial charge in [0.25, 0.3) is 0 Å². The van der Waals surface area contributed by atoms with Crippen LogP contribution in [0.25, 0.3) is 0 Å². The maximum Gasteiger partial charge on any atom is 0.244 e. The Morgan fingerprint density at radius 1 is 1.29 bits per heavy atom. The highest BCUT2D eigenvalue weighted by Gasteiger charge is 2.28. The van der Waals surface area contributed by atoms with Gasteiger partial charge in [0.2, 0.25) is 10.0 Å². The summed E-state index contributed by atoms with van der Waals surface area (Å²) >= 11 is 5.91. The van der Waals surface area contributed by atoms with E-state index in [1.165, 1.54) is 22.5 Å². The minimum Gasteiger partial charge on any atom is -0.207 e. The van der Waals surface area contributed by atoms with Gasteiger partial charge in [-0.25, -0.2) is 8.42 Å². The number of benzene rings is 1. The van der Waals surface area contributed by atoms with Gasteiger partial charge in [0.05, 0.1) is 16.7 Å². The summed E-state index contributed by atoms with van der Waals surface area (Å²) in [6.07, 6.45) is 1.76. The smallest absolute Gasteiger partial charge is 0.207 e. The number of nitrogens with zero attached hydrogens (tertiary/aromatic N) is 2. The van der Waals surface area contributed by atoms with Crippen molar-refractivity contribution in [1.29, 1.82) is 5.26 Å². The van der Waals surface area contributed by atoms with Crippen molar-refractivity contribution >= 4 is 21.6 Å². The van der Waals surface area contributed by atoms with Crippen LogP contribution in [0.2, 0.25) is 5.02 Å². The molecule has 90 valence electrons. The summed E-state index contributed by atoms with van der Waals surface area (Å²) in [5.74, 6) is 0. The molecule has 1 aromatic carbocycles. The second-order valence-corrected chi connectivity index (χ2v) is 6.18. The molecule has 1 aliphatic heterocycles. The number of hydrogen-bond acceptors (Lipinski definition) is 3. The van der Waals surface area contributed by atoms with E-state index in [-0.39, 0.29) is 9.92 Å². The molecule has 4 nitrogen and oxygen atoms in total. The lowest BCUT2D eigenvalue weighted by molar-refractivity contribution is 0.477. The molecule has 1 heterocycles. The van der Waals surface area contributed by atoms with E-state index in [0.29, 0.717) is 18.7 Å². The van der Waals surface area contributed by atoms with Gasteiger partial charge >= 0.3 is 0 Å². The van der Waals surface area contributed by atoms with Crippen molar-refractivity contribution in [3.8, 4) is 6.07 Å². The van der Waals surface area contributed by atoms with Crippen LogP contribution in [0.4, 0.5) is 0 Å². The van der Waals surface area contributed by atoms with Crippen LogP contribution in [0.5, 0.6) is 0 Å². The van der Waals surface area contributed by atoms with Crippen LogP contribution >= 0.6 is 11.6 Å².